The maximum Gasteiger partial charge on any atom is 3.00 e. The quantitative estimate of drug-likeness (QED) is 0.191. The van der Waals surface area contributed by atoms with E-state index < -0.39 is 35.7 Å². The fourth-order valence-corrected chi connectivity index (χ4v) is 37.0. The van der Waals surface area contributed by atoms with Gasteiger partial charge in [-0.15, -0.1) is 0 Å². The van der Waals surface area contributed by atoms with E-state index in [1.807, 2.05) is 0 Å². The van der Waals surface area contributed by atoms with E-state index in [4.69, 9.17) is 0 Å². The van der Waals surface area contributed by atoms with E-state index in [9.17, 15) is 29.7 Å². The zero-order valence-electron chi connectivity index (χ0n) is 77.6. The first-order valence-electron chi connectivity index (χ1n) is 55.2. The predicted octanol–water partition coefficient (Wildman–Crippen LogP) is 1.74. The van der Waals surface area contributed by atoms with Crippen molar-refractivity contribution in [3.63, 3.8) is 0 Å². The van der Waals surface area contributed by atoms with Crippen molar-refractivity contribution in [2.45, 2.75) is 437 Å². The Morgan fingerprint density at radius 1 is 0.131 bits per heavy atom. The second-order valence-electron chi connectivity index (χ2n) is 48.3. The smallest absolute Gasteiger partial charge is 0.550 e. The van der Waals surface area contributed by atoms with Crippen LogP contribution in [-0.4, -0.2) is 166 Å². The van der Waals surface area contributed by atoms with Crippen LogP contribution in [0.5, 0.6) is 0 Å². The van der Waals surface area contributed by atoms with E-state index in [0.717, 1.165) is 57.8 Å². The van der Waals surface area contributed by atoms with Gasteiger partial charge < -0.3 is 29.7 Å². The molecule has 1 radical (unpaired) electrons. The van der Waals surface area contributed by atoms with Crippen molar-refractivity contribution in [1.29, 1.82) is 0 Å². The summed E-state index contributed by atoms with van der Waals surface area (Å²) in [5.41, 5.74) is 0. The molecule has 130 heavy (non-hydrogen) atoms. The minimum atomic E-state index is -0.857. The first kappa shape index (κ1) is 90.5. The van der Waals surface area contributed by atoms with E-state index in [-0.39, 0.29) is 128 Å². The maximum atomic E-state index is 12.5. The molecule has 31 heteroatoms. The van der Waals surface area contributed by atoms with Crippen molar-refractivity contribution in [2.75, 3.05) is 0 Å². The molecule has 0 aromatic rings. The zero-order chi connectivity index (χ0) is 86.0. The first-order valence-corrected chi connectivity index (χ1v) is 55.2. The molecule has 0 aromatic heterocycles. The molecule has 12 saturated carbocycles. The van der Waals surface area contributed by atoms with Gasteiger partial charge in [0.05, 0.1) is 148 Å². The summed E-state index contributed by atoms with van der Waals surface area (Å²) in [4.78, 5) is 37.6. The molecule has 15 heterocycles. The van der Waals surface area contributed by atoms with Gasteiger partial charge in [-0.05, 0) is 278 Å². The van der Waals surface area contributed by atoms with Crippen molar-refractivity contribution < 1.29 is 47.1 Å². The van der Waals surface area contributed by atoms with E-state index in [1.165, 1.54) is 231 Å². The molecule has 0 spiro atoms. The molecule has 27 fully saturated rings. The summed E-state index contributed by atoms with van der Waals surface area (Å²) in [5.74, 6) is 8.49. The Balaban J connectivity index is 0.000000108. The molecule has 723 valence electrons. The third-order valence-electron chi connectivity index (χ3n) is 42.6. The molecule has 24 N–H and O–H groups in total. The largest absolute Gasteiger partial charge is 3.00 e. The Hall–Kier alpha value is -2.02. The Labute approximate surface area is 784 Å². The fourth-order valence-electron chi connectivity index (χ4n) is 37.0. The molecule has 15 aliphatic heterocycles. The maximum absolute atomic E-state index is 12.5. The van der Waals surface area contributed by atoms with Crippen LogP contribution in [0.2, 0.25) is 0 Å². The first-order chi connectivity index (χ1) is 63.4. The standard InChI is InChI=1S/3C33H56N8O2.Cr/c3*42-33(43)23-15-7-14-22-24(23)32-40-30-21-13-6-5-12-20(21)28(38-30)36-26-17-9-2-1-8-16(17)25(34-26)35-27-18-10-3-4-11-19(18)29(37-27)39-31(22)41-32;/h3*16-32,34-41H,1-15H2,(H,42,43);/q;;;+3/p-3. The molecule has 15 saturated heterocycles. The van der Waals surface area contributed by atoms with Gasteiger partial charge in [-0.1, -0.05) is 135 Å². The van der Waals surface area contributed by atoms with E-state index in [0.29, 0.717) is 180 Å². The average molecular weight is 1840 g/mol. The number of carbonyl (C=O) groups excluding carboxylic acids is 3. The Kier molecular flexibility index (Phi) is 26.8. The SMILES string of the molecule is O=C([O-])C1CCCC2C3NC4NC(NC5NC(NC6NC(NC(N3)C12)C1CCCCC61)C1CCCCC51)C1CCCCC41.O=C([O-])C1CCCC2C3NC4NC(NC5NC(NC6NC(NC(N3)C12)C1CCCCC61)C1CCCCC51)C1CCCCC41.O=C([O-])C1CCCC2C3NC4NC(NC5NC(NC6NC(NC(N3)C12)C1CCCCC61)C1CCCCC51)C1CCCCC41.[Cr+3]. The molecule has 0 amide bonds. The van der Waals surface area contributed by atoms with E-state index in [2.05, 4.69) is 128 Å². The Bertz CT molecular complexity index is 3530. The van der Waals surface area contributed by atoms with Crippen molar-refractivity contribution in [3.8, 4) is 0 Å². The summed E-state index contributed by atoms with van der Waals surface area (Å²) in [6, 6.07) is 0. The van der Waals surface area contributed by atoms with Gasteiger partial charge in [-0.25, -0.2) is 0 Å². The summed E-state index contributed by atoms with van der Waals surface area (Å²) >= 11 is 0. The number of carboxylic acid groups (broad SMARTS) is 3. The molecule has 0 aromatic carbocycles. The van der Waals surface area contributed by atoms with Gasteiger partial charge in [0.15, 0.2) is 0 Å². The van der Waals surface area contributed by atoms with Gasteiger partial charge in [-0.2, -0.15) is 0 Å². The summed E-state index contributed by atoms with van der Waals surface area (Å²) < 4.78 is 0. The van der Waals surface area contributed by atoms with Crippen LogP contribution in [0.1, 0.15) is 289 Å². The van der Waals surface area contributed by atoms with E-state index in [1.54, 1.807) is 0 Å². The molecule has 12 aliphatic carbocycles. The predicted molar refractivity (Wildman–Crippen MR) is 483 cm³/mol. The second kappa shape index (κ2) is 38.4. The Morgan fingerprint density at radius 3 is 0.331 bits per heavy atom. The van der Waals surface area contributed by atoms with Gasteiger partial charge in [0.1, 0.15) is 0 Å². The third kappa shape index (κ3) is 16.7. The van der Waals surface area contributed by atoms with E-state index >= 15 is 0 Å². The number of nitrogens with one attached hydrogen (secondary N) is 24. The van der Waals surface area contributed by atoms with Gasteiger partial charge >= 0.3 is 17.4 Å². The summed E-state index contributed by atoms with van der Waals surface area (Å²) in [5, 5.41) is 136. The van der Waals surface area contributed by atoms with Crippen molar-refractivity contribution in [2.24, 2.45) is 160 Å². The fraction of sp³-hybridized carbons (Fsp3) is 0.970. The van der Waals surface area contributed by atoms with Gasteiger partial charge in [0.2, 0.25) is 0 Å². The van der Waals surface area contributed by atoms with Crippen LogP contribution < -0.4 is 143 Å². The Morgan fingerprint density at radius 2 is 0.223 bits per heavy atom. The van der Waals surface area contributed by atoms with Crippen LogP contribution >= 0.6 is 0 Å². The number of carboxylic acids is 3. The van der Waals surface area contributed by atoms with Crippen molar-refractivity contribution in [3.05, 3.63) is 0 Å². The second-order valence-corrected chi connectivity index (χ2v) is 48.3. The molecule has 30 nitrogen and oxygen atoms in total. The number of fused-ring (bicyclic) bond motifs is 60. The van der Waals surface area contributed by atoms with Gasteiger partial charge in [-0.3, -0.25) is 128 Å². The van der Waals surface area contributed by atoms with Crippen LogP contribution in [0.15, 0.2) is 0 Å². The minimum absolute atomic E-state index is 0. The zero-order valence-corrected chi connectivity index (χ0v) is 78.9. The van der Waals surface area contributed by atoms with Crippen LogP contribution in [0.4, 0.5) is 0 Å². The molecular formula is C99H165CrN24O6. The molecule has 24 bridgehead atoms. The molecule has 27 rings (SSSR count). The summed E-state index contributed by atoms with van der Waals surface area (Å²) in [7, 11) is 0. The molecule has 51 unspecified atom stereocenters. The van der Waals surface area contributed by atoms with Crippen LogP contribution in [-0.2, 0) is 31.7 Å². The third-order valence-corrected chi connectivity index (χ3v) is 42.6. The van der Waals surface area contributed by atoms with Crippen molar-refractivity contribution in [1.82, 2.24) is 128 Å². The molecular weight excluding hydrogens is 1670 g/mol. The number of aliphatic carboxylic acids is 3. The van der Waals surface area contributed by atoms with Crippen LogP contribution in [0, 0.1) is 160 Å². The monoisotopic (exact) mass is 1840 g/mol. The topological polar surface area (TPSA) is 409 Å². The number of hydrogen-bond acceptors (Lipinski definition) is 30. The molecule has 51 atom stereocenters. The van der Waals surface area contributed by atoms with Crippen LogP contribution in [0.3, 0.4) is 0 Å². The number of rotatable bonds is 3. The average Bonchev–Trinajstić information content (AvgIpc) is 1.60. The van der Waals surface area contributed by atoms with Gasteiger partial charge in [0.25, 0.3) is 0 Å². The number of carbonyl (C=O) groups is 3. The van der Waals surface area contributed by atoms with Crippen LogP contribution in [0.25, 0.3) is 0 Å². The van der Waals surface area contributed by atoms with Crippen molar-refractivity contribution >= 4 is 17.9 Å². The molecule has 27 aliphatic rings. The number of hydrogen-bond donors (Lipinski definition) is 24. The summed E-state index contributed by atoms with van der Waals surface area (Å²) in [6.07, 6.45) is 60.4. The van der Waals surface area contributed by atoms with Gasteiger partial charge in [0, 0.05) is 53.4 Å². The minimum Gasteiger partial charge on any atom is -0.550 e. The summed E-state index contributed by atoms with van der Waals surface area (Å²) in [6.45, 7) is 0. The normalized spacial score (nSPS) is 55.6.